The Labute approximate surface area is 140 Å². The molecule has 1 fully saturated rings. The lowest BCUT2D eigenvalue weighted by molar-refractivity contribution is -0.129. The lowest BCUT2D eigenvalue weighted by Crippen LogP contribution is -2.42. The Morgan fingerprint density at radius 1 is 0.792 bits per heavy atom. The third-order valence-corrected chi connectivity index (χ3v) is 4.26. The Morgan fingerprint density at radius 3 is 1.71 bits per heavy atom. The van der Waals surface area contributed by atoms with Gasteiger partial charge in [-0.1, -0.05) is 12.1 Å². The number of ether oxygens (including phenoxy) is 2. The smallest absolute Gasteiger partial charge is 0.234 e. The van der Waals surface area contributed by atoms with Gasteiger partial charge in [0.1, 0.15) is 11.5 Å². The van der Waals surface area contributed by atoms with E-state index in [-0.39, 0.29) is 17.7 Å². The molecule has 2 aromatic carbocycles. The number of hydrogen-bond donors (Lipinski definition) is 0. The minimum Gasteiger partial charge on any atom is -0.497 e. The van der Waals surface area contributed by atoms with Gasteiger partial charge in [0.05, 0.1) is 19.9 Å². The highest BCUT2D eigenvalue weighted by atomic mass is 16.5. The van der Waals surface area contributed by atoms with Gasteiger partial charge in [-0.2, -0.15) is 0 Å². The van der Waals surface area contributed by atoms with Gasteiger partial charge in [0, 0.05) is 18.8 Å². The first-order valence-corrected chi connectivity index (χ1v) is 7.76. The quantitative estimate of drug-likeness (QED) is 0.810. The Hall–Kier alpha value is -2.82. The van der Waals surface area contributed by atoms with Gasteiger partial charge in [-0.3, -0.25) is 14.5 Å². The van der Waals surface area contributed by atoms with Gasteiger partial charge >= 0.3 is 0 Å². The van der Waals surface area contributed by atoms with Crippen LogP contribution in [0.4, 0.5) is 5.69 Å². The standard InChI is InChI=1S/C19H19NO4/c1-23-16-7-3-13(4-8-16)14-11-18(21)20(19(22)12-14)15-5-9-17(24-2)10-6-15/h3-10,14H,11-12H2,1-2H3. The SMILES string of the molecule is COc1ccc(C2CC(=O)N(c3ccc(OC)cc3)C(=O)C2)cc1. The van der Waals surface area contributed by atoms with Gasteiger partial charge in [0.2, 0.25) is 11.8 Å². The van der Waals surface area contributed by atoms with Crippen LogP contribution in [0.1, 0.15) is 24.3 Å². The molecule has 3 rings (SSSR count). The second-order valence-corrected chi connectivity index (χ2v) is 5.70. The summed E-state index contributed by atoms with van der Waals surface area (Å²) in [4.78, 5) is 26.3. The summed E-state index contributed by atoms with van der Waals surface area (Å²) in [5, 5.41) is 0. The Bertz CT molecular complexity index is 719. The predicted molar refractivity (Wildman–Crippen MR) is 90.5 cm³/mol. The monoisotopic (exact) mass is 325 g/mol. The van der Waals surface area contributed by atoms with Crippen LogP contribution in [0.15, 0.2) is 48.5 Å². The molecule has 0 bridgehead atoms. The fourth-order valence-electron chi connectivity index (χ4n) is 2.95. The molecule has 1 aliphatic rings. The first-order chi connectivity index (χ1) is 11.6. The van der Waals surface area contributed by atoms with Crippen molar-refractivity contribution >= 4 is 17.5 Å². The van der Waals surface area contributed by atoms with Crippen LogP contribution in [0, 0.1) is 0 Å². The zero-order valence-corrected chi connectivity index (χ0v) is 13.7. The summed E-state index contributed by atoms with van der Waals surface area (Å²) in [6, 6.07) is 14.4. The van der Waals surface area contributed by atoms with Crippen LogP contribution in [-0.4, -0.2) is 26.0 Å². The fourth-order valence-corrected chi connectivity index (χ4v) is 2.95. The number of hydrogen-bond acceptors (Lipinski definition) is 4. The number of methoxy groups -OCH3 is 2. The van der Waals surface area contributed by atoms with E-state index in [1.165, 1.54) is 4.90 Å². The maximum Gasteiger partial charge on any atom is 0.234 e. The van der Waals surface area contributed by atoms with E-state index in [0.717, 1.165) is 11.3 Å². The van der Waals surface area contributed by atoms with Crippen molar-refractivity contribution in [2.75, 3.05) is 19.1 Å². The number of carbonyl (C=O) groups is 2. The minimum absolute atomic E-state index is 0.0922. The van der Waals surface area contributed by atoms with Crippen molar-refractivity contribution in [3.8, 4) is 11.5 Å². The number of benzene rings is 2. The van der Waals surface area contributed by atoms with E-state index >= 15 is 0 Å². The van der Waals surface area contributed by atoms with Crippen molar-refractivity contribution < 1.29 is 19.1 Å². The molecule has 0 N–H and O–H groups in total. The summed E-state index contributed by atoms with van der Waals surface area (Å²) in [5.74, 6) is 0.985. The van der Waals surface area contributed by atoms with Crippen LogP contribution in [0.25, 0.3) is 0 Å². The highest BCUT2D eigenvalue weighted by molar-refractivity contribution is 6.17. The average molecular weight is 325 g/mol. The minimum atomic E-state index is -0.183. The van der Waals surface area contributed by atoms with Crippen molar-refractivity contribution in [3.63, 3.8) is 0 Å². The maximum absolute atomic E-state index is 12.5. The second kappa shape index (κ2) is 6.74. The summed E-state index contributed by atoms with van der Waals surface area (Å²) in [6.07, 6.45) is 0.619. The molecular weight excluding hydrogens is 306 g/mol. The maximum atomic E-state index is 12.5. The van der Waals surface area contributed by atoms with Gasteiger partial charge in [0.15, 0.2) is 0 Å². The summed E-state index contributed by atoms with van der Waals surface area (Å²) in [6.45, 7) is 0. The molecule has 1 saturated heterocycles. The molecule has 124 valence electrons. The molecule has 1 aliphatic heterocycles. The van der Waals surface area contributed by atoms with Gasteiger partial charge < -0.3 is 9.47 Å². The van der Waals surface area contributed by atoms with Crippen LogP contribution in [0.5, 0.6) is 11.5 Å². The Balaban J connectivity index is 1.78. The molecule has 0 radical (unpaired) electrons. The van der Waals surface area contributed by atoms with Crippen molar-refractivity contribution in [1.29, 1.82) is 0 Å². The van der Waals surface area contributed by atoms with Crippen LogP contribution < -0.4 is 14.4 Å². The number of piperidine rings is 1. The van der Waals surface area contributed by atoms with Gasteiger partial charge in [-0.05, 0) is 42.0 Å². The first kappa shape index (κ1) is 16.1. The molecule has 0 aromatic heterocycles. The first-order valence-electron chi connectivity index (χ1n) is 7.76. The molecule has 0 unspecified atom stereocenters. The van der Waals surface area contributed by atoms with Gasteiger partial charge in [0.25, 0.3) is 0 Å². The number of nitrogens with zero attached hydrogens (tertiary/aromatic N) is 1. The molecule has 1 heterocycles. The summed E-state index contributed by atoms with van der Waals surface area (Å²) in [5.41, 5.74) is 1.56. The molecule has 2 amide bonds. The number of amides is 2. The predicted octanol–water partition coefficient (Wildman–Crippen LogP) is 3.14. The van der Waals surface area contributed by atoms with Gasteiger partial charge in [-0.25, -0.2) is 0 Å². The zero-order chi connectivity index (χ0) is 17.1. The van der Waals surface area contributed by atoms with E-state index in [9.17, 15) is 9.59 Å². The number of imide groups is 1. The topological polar surface area (TPSA) is 55.8 Å². The molecular formula is C19H19NO4. The van der Waals surface area contributed by atoms with E-state index < -0.39 is 0 Å². The summed E-state index contributed by atoms with van der Waals surface area (Å²) >= 11 is 0. The molecule has 5 nitrogen and oxygen atoms in total. The van der Waals surface area contributed by atoms with E-state index in [0.29, 0.717) is 24.3 Å². The molecule has 24 heavy (non-hydrogen) atoms. The van der Waals surface area contributed by atoms with E-state index in [1.54, 1.807) is 38.5 Å². The molecule has 0 aliphatic carbocycles. The zero-order valence-electron chi connectivity index (χ0n) is 13.7. The molecule has 2 aromatic rings. The normalized spacial score (nSPS) is 15.5. The lowest BCUT2D eigenvalue weighted by atomic mass is 9.88. The van der Waals surface area contributed by atoms with E-state index in [2.05, 4.69) is 0 Å². The largest absolute Gasteiger partial charge is 0.497 e. The second-order valence-electron chi connectivity index (χ2n) is 5.70. The average Bonchev–Trinajstić information content (AvgIpc) is 2.61. The van der Waals surface area contributed by atoms with Crippen molar-refractivity contribution in [1.82, 2.24) is 0 Å². The van der Waals surface area contributed by atoms with Crippen LogP contribution in [0.2, 0.25) is 0 Å². The molecule has 0 saturated carbocycles. The van der Waals surface area contributed by atoms with Crippen molar-refractivity contribution in [3.05, 3.63) is 54.1 Å². The van der Waals surface area contributed by atoms with Crippen LogP contribution in [-0.2, 0) is 9.59 Å². The highest BCUT2D eigenvalue weighted by Crippen LogP contribution is 2.33. The molecule has 5 heteroatoms. The fraction of sp³-hybridized carbons (Fsp3) is 0.263. The van der Waals surface area contributed by atoms with Crippen LogP contribution >= 0.6 is 0 Å². The highest BCUT2D eigenvalue weighted by Gasteiger charge is 2.34. The van der Waals surface area contributed by atoms with E-state index in [4.69, 9.17) is 9.47 Å². The number of anilines is 1. The summed E-state index contributed by atoms with van der Waals surface area (Å²) in [7, 11) is 3.18. The van der Waals surface area contributed by atoms with Gasteiger partial charge in [-0.15, -0.1) is 0 Å². The lowest BCUT2D eigenvalue weighted by Gasteiger charge is -2.30. The molecule has 0 atom stereocenters. The molecule has 0 spiro atoms. The van der Waals surface area contributed by atoms with Crippen molar-refractivity contribution in [2.24, 2.45) is 0 Å². The van der Waals surface area contributed by atoms with Crippen molar-refractivity contribution in [2.45, 2.75) is 18.8 Å². The third kappa shape index (κ3) is 3.11. The summed E-state index contributed by atoms with van der Waals surface area (Å²) < 4.78 is 10.2. The van der Waals surface area contributed by atoms with Crippen LogP contribution in [0.3, 0.4) is 0 Å². The third-order valence-electron chi connectivity index (χ3n) is 4.26. The Kier molecular flexibility index (Phi) is 4.51. The van der Waals surface area contributed by atoms with E-state index in [1.807, 2.05) is 24.3 Å². The number of carbonyl (C=O) groups excluding carboxylic acids is 2. The number of rotatable bonds is 4. The Morgan fingerprint density at radius 2 is 1.25 bits per heavy atom.